The Labute approximate surface area is 111 Å². The van der Waals surface area contributed by atoms with E-state index in [1.807, 2.05) is 0 Å². The average Bonchev–Trinajstić information content (AvgIpc) is 2.78. The molecule has 18 heavy (non-hydrogen) atoms. The van der Waals surface area contributed by atoms with E-state index in [0.717, 1.165) is 25.6 Å². The fourth-order valence-corrected chi connectivity index (χ4v) is 2.85. The smallest absolute Gasteiger partial charge is 0.0230 e. The van der Waals surface area contributed by atoms with E-state index in [9.17, 15) is 0 Å². The lowest BCUT2D eigenvalue weighted by Crippen LogP contribution is -2.30. The molecule has 0 saturated carbocycles. The molecule has 3 heteroatoms. The van der Waals surface area contributed by atoms with Crippen molar-refractivity contribution < 1.29 is 0 Å². The normalized spacial score (nSPS) is 20.7. The quantitative estimate of drug-likeness (QED) is 0.825. The van der Waals surface area contributed by atoms with Gasteiger partial charge in [-0.05, 0) is 31.5 Å². The van der Waals surface area contributed by atoms with E-state index < -0.39 is 0 Å². The first-order valence-corrected chi connectivity index (χ1v) is 6.93. The van der Waals surface area contributed by atoms with E-state index in [0.29, 0.717) is 0 Å². The van der Waals surface area contributed by atoms with Crippen molar-refractivity contribution in [3.63, 3.8) is 0 Å². The molecule has 0 aliphatic carbocycles. The average molecular weight is 247 g/mol. The second-order valence-corrected chi connectivity index (χ2v) is 5.43. The second kappa shape index (κ2) is 6.88. The van der Waals surface area contributed by atoms with E-state index in [4.69, 9.17) is 5.73 Å². The molecular weight excluding hydrogens is 222 g/mol. The Morgan fingerprint density at radius 3 is 2.83 bits per heavy atom. The van der Waals surface area contributed by atoms with Crippen molar-refractivity contribution >= 4 is 0 Å². The molecule has 2 rings (SSSR count). The number of likely N-dealkylation sites (tertiary alicyclic amines) is 1. The Hall–Kier alpha value is -0.900. The number of nitrogens with zero attached hydrogens (tertiary/aromatic N) is 2. The summed E-state index contributed by atoms with van der Waals surface area (Å²) in [5, 5.41) is 0. The Bertz CT molecular complexity index is 339. The van der Waals surface area contributed by atoms with Crippen LogP contribution in [0.25, 0.3) is 0 Å². The minimum atomic E-state index is 0.784. The van der Waals surface area contributed by atoms with Crippen molar-refractivity contribution in [3.05, 3.63) is 35.9 Å². The summed E-state index contributed by atoms with van der Waals surface area (Å²) < 4.78 is 0. The van der Waals surface area contributed by atoms with Gasteiger partial charge in [0.2, 0.25) is 0 Å². The minimum Gasteiger partial charge on any atom is -0.329 e. The lowest BCUT2D eigenvalue weighted by Gasteiger charge is -2.21. The fraction of sp³-hybridized carbons (Fsp3) is 0.600. The third-order valence-corrected chi connectivity index (χ3v) is 3.68. The van der Waals surface area contributed by atoms with Crippen LogP contribution in [0.4, 0.5) is 0 Å². The van der Waals surface area contributed by atoms with E-state index in [2.05, 4.69) is 47.2 Å². The fourth-order valence-electron chi connectivity index (χ4n) is 2.85. The van der Waals surface area contributed by atoms with Gasteiger partial charge in [-0.15, -0.1) is 0 Å². The summed E-state index contributed by atoms with van der Waals surface area (Å²) in [6.07, 6.45) is 1.32. The summed E-state index contributed by atoms with van der Waals surface area (Å²) >= 11 is 0. The molecule has 1 saturated heterocycles. The molecule has 1 aromatic carbocycles. The lowest BCUT2D eigenvalue weighted by atomic mass is 10.1. The molecule has 0 bridgehead atoms. The van der Waals surface area contributed by atoms with Crippen molar-refractivity contribution in [1.29, 1.82) is 0 Å². The Morgan fingerprint density at radius 2 is 2.11 bits per heavy atom. The molecule has 0 spiro atoms. The second-order valence-electron chi connectivity index (χ2n) is 5.43. The van der Waals surface area contributed by atoms with E-state index in [-0.39, 0.29) is 0 Å². The maximum Gasteiger partial charge on any atom is 0.0230 e. The summed E-state index contributed by atoms with van der Waals surface area (Å²) in [5.41, 5.74) is 7.00. The van der Waals surface area contributed by atoms with Crippen molar-refractivity contribution in [1.82, 2.24) is 9.80 Å². The summed E-state index contributed by atoms with van der Waals surface area (Å²) in [6.45, 7) is 6.52. The van der Waals surface area contributed by atoms with Crippen LogP contribution in [0.3, 0.4) is 0 Å². The van der Waals surface area contributed by atoms with Gasteiger partial charge in [0.15, 0.2) is 0 Å². The van der Waals surface area contributed by atoms with Crippen LogP contribution in [0.5, 0.6) is 0 Å². The maximum atomic E-state index is 5.61. The molecule has 1 aromatic rings. The molecular formula is C15H25N3. The molecule has 2 N–H and O–H groups in total. The van der Waals surface area contributed by atoms with Gasteiger partial charge < -0.3 is 15.5 Å². The molecule has 1 aliphatic rings. The molecule has 1 aliphatic heterocycles. The van der Waals surface area contributed by atoms with Gasteiger partial charge in [-0.2, -0.15) is 0 Å². The van der Waals surface area contributed by atoms with Gasteiger partial charge in [0.05, 0.1) is 0 Å². The van der Waals surface area contributed by atoms with Crippen LogP contribution in [0.2, 0.25) is 0 Å². The predicted molar refractivity (Wildman–Crippen MR) is 76.4 cm³/mol. The first-order valence-electron chi connectivity index (χ1n) is 6.93. The van der Waals surface area contributed by atoms with Gasteiger partial charge in [-0.3, -0.25) is 0 Å². The summed E-state index contributed by atoms with van der Waals surface area (Å²) in [4.78, 5) is 4.92. The van der Waals surface area contributed by atoms with Crippen LogP contribution in [-0.4, -0.2) is 49.6 Å². The van der Waals surface area contributed by atoms with E-state index in [1.54, 1.807) is 0 Å². The van der Waals surface area contributed by atoms with Crippen molar-refractivity contribution in [2.45, 2.75) is 13.0 Å². The molecule has 100 valence electrons. The minimum absolute atomic E-state index is 0.784. The summed E-state index contributed by atoms with van der Waals surface area (Å²) in [5.74, 6) is 0.810. The topological polar surface area (TPSA) is 32.5 Å². The molecule has 1 heterocycles. The zero-order valence-corrected chi connectivity index (χ0v) is 11.4. The van der Waals surface area contributed by atoms with Gasteiger partial charge in [-0.1, -0.05) is 30.3 Å². The van der Waals surface area contributed by atoms with Crippen LogP contribution in [-0.2, 0) is 6.54 Å². The van der Waals surface area contributed by atoms with Crippen LogP contribution in [0, 0.1) is 5.92 Å². The molecule has 1 fully saturated rings. The van der Waals surface area contributed by atoms with Crippen molar-refractivity contribution in [2.75, 3.05) is 39.8 Å². The highest BCUT2D eigenvalue weighted by Gasteiger charge is 2.22. The SMILES string of the molecule is CN(Cc1ccccc1)C[C@@H]1CCN(CCN)C1. The predicted octanol–water partition coefficient (Wildman–Crippen LogP) is 1.40. The van der Waals surface area contributed by atoms with Crippen LogP contribution >= 0.6 is 0 Å². The zero-order valence-electron chi connectivity index (χ0n) is 11.4. The van der Waals surface area contributed by atoms with Gasteiger partial charge in [0.25, 0.3) is 0 Å². The van der Waals surface area contributed by atoms with Gasteiger partial charge >= 0.3 is 0 Å². The molecule has 0 unspecified atom stereocenters. The largest absolute Gasteiger partial charge is 0.329 e. The Kier molecular flexibility index (Phi) is 5.17. The third-order valence-electron chi connectivity index (χ3n) is 3.68. The highest BCUT2D eigenvalue weighted by molar-refractivity contribution is 5.14. The van der Waals surface area contributed by atoms with Crippen LogP contribution < -0.4 is 5.73 Å². The van der Waals surface area contributed by atoms with Gasteiger partial charge in [0.1, 0.15) is 0 Å². The van der Waals surface area contributed by atoms with Gasteiger partial charge in [0, 0.05) is 32.7 Å². The molecule has 3 nitrogen and oxygen atoms in total. The van der Waals surface area contributed by atoms with Crippen LogP contribution in [0.1, 0.15) is 12.0 Å². The first kappa shape index (κ1) is 13.5. The number of benzene rings is 1. The third kappa shape index (κ3) is 4.09. The van der Waals surface area contributed by atoms with E-state index >= 15 is 0 Å². The zero-order chi connectivity index (χ0) is 12.8. The molecule has 0 radical (unpaired) electrons. The molecule has 0 amide bonds. The highest BCUT2D eigenvalue weighted by atomic mass is 15.2. The van der Waals surface area contributed by atoms with Crippen molar-refractivity contribution in [2.24, 2.45) is 11.7 Å². The Balaban J connectivity index is 1.73. The van der Waals surface area contributed by atoms with Gasteiger partial charge in [-0.25, -0.2) is 0 Å². The Morgan fingerprint density at radius 1 is 1.33 bits per heavy atom. The molecule has 1 atom stereocenters. The monoisotopic (exact) mass is 247 g/mol. The first-order chi connectivity index (χ1) is 8.78. The summed E-state index contributed by atoms with van der Waals surface area (Å²) in [6, 6.07) is 10.7. The number of hydrogen-bond acceptors (Lipinski definition) is 3. The molecule has 0 aromatic heterocycles. The number of hydrogen-bond donors (Lipinski definition) is 1. The standard InChI is InChI=1S/C15H25N3/c1-17(11-14-5-3-2-4-6-14)12-15-7-9-18(13-15)10-8-16/h2-6,15H,7-13,16H2,1H3/t15-/m0/s1. The van der Waals surface area contributed by atoms with Crippen LogP contribution in [0.15, 0.2) is 30.3 Å². The maximum absolute atomic E-state index is 5.61. The van der Waals surface area contributed by atoms with Crippen molar-refractivity contribution in [3.8, 4) is 0 Å². The highest BCUT2D eigenvalue weighted by Crippen LogP contribution is 2.17. The number of nitrogens with two attached hydrogens (primary N) is 1. The lowest BCUT2D eigenvalue weighted by molar-refractivity contribution is 0.259. The number of rotatable bonds is 6. The van der Waals surface area contributed by atoms with E-state index in [1.165, 1.54) is 31.6 Å². The summed E-state index contributed by atoms with van der Waals surface area (Å²) in [7, 11) is 2.22.